The number of piperidine rings is 1. The summed E-state index contributed by atoms with van der Waals surface area (Å²) in [4.78, 5) is 32.4. The summed E-state index contributed by atoms with van der Waals surface area (Å²) in [6.07, 6.45) is 4.77. The Balaban J connectivity index is 1.66. The lowest BCUT2D eigenvalue weighted by atomic mass is 10.1. The van der Waals surface area contributed by atoms with Gasteiger partial charge in [-0.05, 0) is 37.5 Å². The van der Waals surface area contributed by atoms with Crippen molar-refractivity contribution in [2.75, 3.05) is 31.1 Å². The van der Waals surface area contributed by atoms with Crippen LogP contribution in [0.4, 0.5) is 11.5 Å². The molecule has 7 nitrogen and oxygen atoms in total. The number of carboxylic acids is 1. The van der Waals surface area contributed by atoms with E-state index in [0.29, 0.717) is 36.0 Å². The SMILES string of the molecule is O=C(O)c1ccccc1N1CCOc2cc(C(=O)N3CCCCC3)cnc21. The number of amides is 1. The molecule has 1 fully saturated rings. The number of anilines is 2. The van der Waals surface area contributed by atoms with Crippen LogP contribution in [0.25, 0.3) is 0 Å². The van der Waals surface area contributed by atoms with Gasteiger partial charge in [-0.3, -0.25) is 4.79 Å². The topological polar surface area (TPSA) is 83.0 Å². The van der Waals surface area contributed by atoms with E-state index in [2.05, 4.69) is 4.98 Å². The third-order valence-electron chi connectivity index (χ3n) is 4.98. The first-order valence-electron chi connectivity index (χ1n) is 9.17. The summed E-state index contributed by atoms with van der Waals surface area (Å²) in [5, 5.41) is 9.48. The van der Waals surface area contributed by atoms with Gasteiger partial charge in [-0.1, -0.05) is 12.1 Å². The largest absolute Gasteiger partial charge is 0.488 e. The van der Waals surface area contributed by atoms with E-state index in [0.717, 1.165) is 32.4 Å². The molecule has 0 radical (unpaired) electrons. The maximum absolute atomic E-state index is 12.7. The maximum atomic E-state index is 12.7. The van der Waals surface area contributed by atoms with Gasteiger partial charge in [0.25, 0.3) is 5.91 Å². The maximum Gasteiger partial charge on any atom is 0.337 e. The Labute approximate surface area is 157 Å². The minimum atomic E-state index is -0.990. The molecule has 0 atom stereocenters. The standard InChI is InChI=1S/C20H21N3O4/c24-19(22-8-4-1-5-9-22)14-12-17-18(21-13-14)23(10-11-27-17)16-7-3-2-6-15(16)20(25)26/h2-3,6-7,12-13H,1,4-5,8-11H2,(H,25,26). The average molecular weight is 367 g/mol. The monoisotopic (exact) mass is 367 g/mol. The molecule has 27 heavy (non-hydrogen) atoms. The Hall–Kier alpha value is -3.09. The average Bonchev–Trinajstić information content (AvgIpc) is 2.73. The number of likely N-dealkylation sites (tertiary alicyclic amines) is 1. The van der Waals surface area contributed by atoms with Crippen molar-refractivity contribution >= 4 is 23.4 Å². The second kappa shape index (κ2) is 7.26. The molecule has 2 aliphatic heterocycles. The predicted molar refractivity (Wildman–Crippen MR) is 99.9 cm³/mol. The molecule has 1 aromatic carbocycles. The normalized spacial score (nSPS) is 16.4. The van der Waals surface area contributed by atoms with Gasteiger partial charge in [-0.2, -0.15) is 0 Å². The zero-order chi connectivity index (χ0) is 18.8. The molecule has 2 aromatic rings. The van der Waals surface area contributed by atoms with E-state index in [1.165, 1.54) is 0 Å². The zero-order valence-electron chi connectivity index (χ0n) is 14.9. The summed E-state index contributed by atoms with van der Waals surface area (Å²) in [6, 6.07) is 8.54. The molecule has 7 heteroatoms. The van der Waals surface area contributed by atoms with Crippen molar-refractivity contribution in [1.82, 2.24) is 9.88 Å². The number of carbonyl (C=O) groups is 2. The van der Waals surface area contributed by atoms with Crippen LogP contribution in [0.3, 0.4) is 0 Å². The summed E-state index contributed by atoms with van der Waals surface area (Å²) < 4.78 is 5.73. The van der Waals surface area contributed by atoms with Crippen LogP contribution < -0.4 is 9.64 Å². The first kappa shape index (κ1) is 17.3. The summed E-state index contributed by atoms with van der Waals surface area (Å²) in [7, 11) is 0. The van der Waals surface area contributed by atoms with Crippen molar-refractivity contribution in [2.24, 2.45) is 0 Å². The van der Waals surface area contributed by atoms with Crippen LogP contribution in [0, 0.1) is 0 Å². The Kier molecular flexibility index (Phi) is 4.66. The number of hydrogen-bond acceptors (Lipinski definition) is 5. The van der Waals surface area contributed by atoms with Crippen LogP contribution in [0.5, 0.6) is 5.75 Å². The lowest BCUT2D eigenvalue weighted by molar-refractivity contribution is 0.0695. The van der Waals surface area contributed by atoms with E-state index < -0.39 is 5.97 Å². The van der Waals surface area contributed by atoms with Crippen LogP contribution in [0.2, 0.25) is 0 Å². The number of para-hydroxylation sites is 1. The molecule has 140 valence electrons. The Morgan fingerprint density at radius 2 is 1.85 bits per heavy atom. The molecule has 0 spiro atoms. The Bertz CT molecular complexity index is 877. The number of ether oxygens (including phenoxy) is 1. The van der Waals surface area contributed by atoms with Crippen molar-refractivity contribution in [1.29, 1.82) is 0 Å². The van der Waals surface area contributed by atoms with Gasteiger partial charge in [0.15, 0.2) is 11.6 Å². The fourth-order valence-corrected chi connectivity index (χ4v) is 3.62. The fourth-order valence-electron chi connectivity index (χ4n) is 3.62. The molecule has 1 amide bonds. The molecule has 3 heterocycles. The minimum absolute atomic E-state index is 0.0309. The Morgan fingerprint density at radius 1 is 1.07 bits per heavy atom. The quantitative estimate of drug-likeness (QED) is 0.898. The van der Waals surface area contributed by atoms with E-state index in [1.54, 1.807) is 36.5 Å². The second-order valence-corrected chi connectivity index (χ2v) is 6.72. The summed E-state index contributed by atoms with van der Waals surface area (Å²) in [5.41, 5.74) is 1.28. The number of aromatic carboxylic acids is 1. The van der Waals surface area contributed by atoms with Crippen LogP contribution in [0.1, 0.15) is 40.0 Å². The molecule has 1 N–H and O–H groups in total. The highest BCUT2D eigenvalue weighted by molar-refractivity contribution is 5.97. The number of pyridine rings is 1. The van der Waals surface area contributed by atoms with Crippen LogP contribution in [-0.2, 0) is 0 Å². The molecular formula is C20H21N3O4. The summed E-state index contributed by atoms with van der Waals surface area (Å²) in [6.45, 7) is 2.43. The summed E-state index contributed by atoms with van der Waals surface area (Å²) >= 11 is 0. The third kappa shape index (κ3) is 3.32. The number of hydrogen-bond donors (Lipinski definition) is 1. The highest BCUT2D eigenvalue weighted by atomic mass is 16.5. The van der Waals surface area contributed by atoms with Crippen LogP contribution in [0.15, 0.2) is 36.5 Å². The van der Waals surface area contributed by atoms with Gasteiger partial charge < -0.3 is 19.6 Å². The third-order valence-corrected chi connectivity index (χ3v) is 4.98. The van der Waals surface area contributed by atoms with E-state index >= 15 is 0 Å². The van der Waals surface area contributed by atoms with E-state index in [4.69, 9.17) is 4.74 Å². The van der Waals surface area contributed by atoms with Crippen molar-refractivity contribution in [3.63, 3.8) is 0 Å². The molecule has 1 saturated heterocycles. The van der Waals surface area contributed by atoms with Gasteiger partial charge >= 0.3 is 5.97 Å². The van der Waals surface area contributed by atoms with Crippen molar-refractivity contribution < 1.29 is 19.4 Å². The van der Waals surface area contributed by atoms with Gasteiger partial charge in [0, 0.05) is 19.3 Å². The number of nitrogens with zero attached hydrogens (tertiary/aromatic N) is 3. The number of fused-ring (bicyclic) bond motifs is 1. The molecule has 0 saturated carbocycles. The predicted octanol–water partition coefficient (Wildman–Crippen LogP) is 2.94. The second-order valence-electron chi connectivity index (χ2n) is 6.72. The molecule has 1 aromatic heterocycles. The highest BCUT2D eigenvalue weighted by Gasteiger charge is 2.27. The molecule has 0 bridgehead atoms. The smallest absolute Gasteiger partial charge is 0.337 e. The highest BCUT2D eigenvalue weighted by Crippen LogP contribution is 2.37. The van der Waals surface area contributed by atoms with Gasteiger partial charge in [0.1, 0.15) is 6.61 Å². The number of benzene rings is 1. The first-order valence-corrected chi connectivity index (χ1v) is 9.17. The number of carbonyl (C=O) groups excluding carboxylic acids is 1. The number of rotatable bonds is 3. The molecule has 0 unspecified atom stereocenters. The summed E-state index contributed by atoms with van der Waals surface area (Å²) in [5.74, 6) is 0.0154. The number of aromatic nitrogens is 1. The molecule has 4 rings (SSSR count). The van der Waals surface area contributed by atoms with E-state index in [-0.39, 0.29) is 11.5 Å². The fraction of sp³-hybridized carbons (Fsp3) is 0.350. The van der Waals surface area contributed by atoms with Crippen LogP contribution in [-0.4, -0.2) is 53.1 Å². The number of carboxylic acid groups (broad SMARTS) is 1. The zero-order valence-corrected chi connectivity index (χ0v) is 14.9. The van der Waals surface area contributed by atoms with Crippen molar-refractivity contribution in [3.8, 4) is 5.75 Å². The van der Waals surface area contributed by atoms with E-state index in [1.807, 2.05) is 9.80 Å². The lowest BCUT2D eigenvalue weighted by Crippen LogP contribution is -2.36. The minimum Gasteiger partial charge on any atom is -0.488 e. The van der Waals surface area contributed by atoms with Crippen LogP contribution >= 0.6 is 0 Å². The first-order chi connectivity index (χ1) is 13.1. The molecule has 0 aliphatic carbocycles. The van der Waals surface area contributed by atoms with Gasteiger partial charge in [-0.25, -0.2) is 9.78 Å². The molecular weight excluding hydrogens is 346 g/mol. The van der Waals surface area contributed by atoms with E-state index in [9.17, 15) is 14.7 Å². The lowest BCUT2D eigenvalue weighted by Gasteiger charge is -2.31. The van der Waals surface area contributed by atoms with Gasteiger partial charge in [0.05, 0.1) is 23.4 Å². The van der Waals surface area contributed by atoms with Gasteiger partial charge in [-0.15, -0.1) is 0 Å². The van der Waals surface area contributed by atoms with Gasteiger partial charge in [0.2, 0.25) is 0 Å². The Morgan fingerprint density at radius 3 is 2.63 bits per heavy atom. The van der Waals surface area contributed by atoms with Crippen molar-refractivity contribution in [3.05, 3.63) is 47.7 Å². The molecule has 2 aliphatic rings. The van der Waals surface area contributed by atoms with Crippen molar-refractivity contribution in [2.45, 2.75) is 19.3 Å².